The van der Waals surface area contributed by atoms with Gasteiger partial charge in [0.2, 0.25) is 5.91 Å². The van der Waals surface area contributed by atoms with Crippen LogP contribution in [0.25, 0.3) is 0 Å². The van der Waals surface area contributed by atoms with Crippen LogP contribution in [0.4, 0.5) is 0 Å². The van der Waals surface area contributed by atoms with Gasteiger partial charge in [0.05, 0.1) is 11.6 Å². The van der Waals surface area contributed by atoms with Gasteiger partial charge in [-0.2, -0.15) is 0 Å². The molecule has 1 atom stereocenters. The predicted octanol–water partition coefficient (Wildman–Crippen LogP) is 1.25. The van der Waals surface area contributed by atoms with Crippen molar-refractivity contribution in [3.8, 4) is 0 Å². The first-order chi connectivity index (χ1) is 9.92. The number of amides is 1. The maximum Gasteiger partial charge on any atom is 0.240 e. The highest BCUT2D eigenvalue weighted by molar-refractivity contribution is 5.82. The molecule has 1 amide bonds. The van der Waals surface area contributed by atoms with Crippen molar-refractivity contribution in [2.75, 3.05) is 32.8 Å². The van der Waals surface area contributed by atoms with Crippen LogP contribution in [0.3, 0.4) is 0 Å². The molecule has 5 nitrogen and oxygen atoms in total. The lowest BCUT2D eigenvalue weighted by atomic mass is 10.0. The second kappa shape index (κ2) is 7.07. The Hall–Kier alpha value is -0.650. The molecule has 0 aromatic heterocycles. The predicted molar refractivity (Wildman–Crippen MR) is 82.1 cm³/mol. The molecule has 0 bridgehead atoms. The molecule has 2 saturated heterocycles. The number of hydrogen-bond acceptors (Lipinski definition) is 4. The van der Waals surface area contributed by atoms with Gasteiger partial charge in [0.1, 0.15) is 0 Å². The van der Waals surface area contributed by atoms with Crippen LogP contribution in [-0.4, -0.2) is 71.3 Å². The van der Waals surface area contributed by atoms with Gasteiger partial charge in [-0.1, -0.05) is 0 Å². The lowest BCUT2D eigenvalue weighted by Gasteiger charge is -2.37. The highest BCUT2D eigenvalue weighted by Crippen LogP contribution is 2.27. The van der Waals surface area contributed by atoms with E-state index in [0.29, 0.717) is 19.1 Å². The summed E-state index contributed by atoms with van der Waals surface area (Å²) in [4.78, 5) is 17.0. The summed E-state index contributed by atoms with van der Waals surface area (Å²) in [5, 5.41) is 10.0. The van der Waals surface area contributed by atoms with Crippen molar-refractivity contribution in [1.82, 2.24) is 9.80 Å². The van der Waals surface area contributed by atoms with Crippen molar-refractivity contribution in [3.05, 3.63) is 0 Å². The van der Waals surface area contributed by atoms with Crippen molar-refractivity contribution >= 4 is 5.91 Å². The smallest absolute Gasteiger partial charge is 0.240 e. The normalized spacial score (nSPS) is 25.2. The number of likely N-dealkylation sites (N-methyl/N-ethyl adjacent to an activating group) is 1. The zero-order chi connectivity index (χ0) is 15.5. The Morgan fingerprint density at radius 3 is 2.57 bits per heavy atom. The lowest BCUT2D eigenvalue weighted by Crippen LogP contribution is -2.52. The molecule has 0 aromatic rings. The summed E-state index contributed by atoms with van der Waals surface area (Å²) < 4.78 is 5.43. The molecule has 21 heavy (non-hydrogen) atoms. The van der Waals surface area contributed by atoms with Gasteiger partial charge >= 0.3 is 0 Å². The van der Waals surface area contributed by atoms with Crippen molar-refractivity contribution in [1.29, 1.82) is 0 Å². The third-order valence-electron chi connectivity index (χ3n) is 4.51. The summed E-state index contributed by atoms with van der Waals surface area (Å²) in [5.74, 6) is 0.184. The second-order valence-electron chi connectivity index (χ2n) is 6.90. The molecule has 0 saturated carbocycles. The Balaban J connectivity index is 2.01. The molecule has 2 aliphatic rings. The monoisotopic (exact) mass is 298 g/mol. The van der Waals surface area contributed by atoms with E-state index in [1.54, 1.807) is 13.8 Å². The van der Waals surface area contributed by atoms with Crippen LogP contribution in [0.1, 0.15) is 46.5 Å². The van der Waals surface area contributed by atoms with Crippen LogP contribution in [0.5, 0.6) is 0 Å². The number of nitrogens with zero attached hydrogens (tertiary/aromatic N) is 2. The van der Waals surface area contributed by atoms with E-state index in [0.717, 1.165) is 45.4 Å². The molecule has 2 fully saturated rings. The van der Waals surface area contributed by atoms with E-state index >= 15 is 0 Å². The second-order valence-corrected chi connectivity index (χ2v) is 6.90. The summed E-state index contributed by atoms with van der Waals surface area (Å²) in [6.45, 7) is 9.19. The van der Waals surface area contributed by atoms with Crippen molar-refractivity contribution < 1.29 is 14.6 Å². The minimum Gasteiger partial charge on any atom is -0.389 e. The molecule has 122 valence electrons. The summed E-state index contributed by atoms with van der Waals surface area (Å²) >= 11 is 0. The highest BCUT2D eigenvalue weighted by atomic mass is 16.5. The molecular weight excluding hydrogens is 268 g/mol. The summed E-state index contributed by atoms with van der Waals surface area (Å²) in [5.41, 5.74) is -0.840. The topological polar surface area (TPSA) is 53.0 Å². The zero-order valence-electron chi connectivity index (χ0n) is 13.7. The van der Waals surface area contributed by atoms with Crippen LogP contribution in [0, 0.1) is 0 Å². The van der Waals surface area contributed by atoms with E-state index in [-0.39, 0.29) is 11.9 Å². The molecule has 0 aromatic carbocycles. The highest BCUT2D eigenvalue weighted by Gasteiger charge is 2.38. The largest absolute Gasteiger partial charge is 0.389 e. The number of ether oxygens (including phenoxy) is 1. The first-order valence-electron chi connectivity index (χ1n) is 8.27. The molecular formula is C16H30N2O3. The van der Waals surface area contributed by atoms with Gasteiger partial charge in [-0.15, -0.1) is 0 Å². The van der Waals surface area contributed by atoms with Gasteiger partial charge in [-0.05, 0) is 53.0 Å². The van der Waals surface area contributed by atoms with Gasteiger partial charge < -0.3 is 14.7 Å². The molecule has 1 N–H and O–H groups in total. The third kappa shape index (κ3) is 4.41. The fourth-order valence-corrected chi connectivity index (χ4v) is 3.53. The molecule has 2 heterocycles. The maximum absolute atomic E-state index is 12.8. The van der Waals surface area contributed by atoms with Crippen molar-refractivity contribution in [2.45, 2.75) is 64.1 Å². The third-order valence-corrected chi connectivity index (χ3v) is 4.51. The lowest BCUT2D eigenvalue weighted by molar-refractivity contribution is -0.140. The van der Waals surface area contributed by atoms with E-state index in [1.165, 1.54) is 0 Å². The van der Waals surface area contributed by atoms with Crippen LogP contribution in [-0.2, 0) is 9.53 Å². The van der Waals surface area contributed by atoms with E-state index in [9.17, 15) is 9.90 Å². The number of carbonyl (C=O) groups excluding carboxylic acids is 1. The van der Waals surface area contributed by atoms with E-state index < -0.39 is 5.60 Å². The molecule has 2 aliphatic heterocycles. The Morgan fingerprint density at radius 2 is 2.00 bits per heavy atom. The number of aliphatic hydroxyl groups is 1. The van der Waals surface area contributed by atoms with Gasteiger partial charge in [0, 0.05) is 32.3 Å². The Labute approximate surface area is 128 Å². The fourth-order valence-electron chi connectivity index (χ4n) is 3.53. The van der Waals surface area contributed by atoms with Gasteiger partial charge in [-0.25, -0.2) is 0 Å². The average Bonchev–Trinajstić information content (AvgIpc) is 2.93. The summed E-state index contributed by atoms with van der Waals surface area (Å²) in [7, 11) is 0. The van der Waals surface area contributed by atoms with E-state index in [1.807, 2.05) is 11.8 Å². The van der Waals surface area contributed by atoms with Crippen LogP contribution in [0.2, 0.25) is 0 Å². The van der Waals surface area contributed by atoms with E-state index in [2.05, 4.69) is 4.90 Å². The number of rotatable bonds is 5. The SMILES string of the molecule is CCN(CC(C)(C)O)C(=O)C1CCCN1C1CCOCC1. The van der Waals surface area contributed by atoms with Gasteiger partial charge in [0.15, 0.2) is 0 Å². The van der Waals surface area contributed by atoms with Crippen molar-refractivity contribution in [2.24, 2.45) is 0 Å². The molecule has 5 heteroatoms. The Bertz CT molecular complexity index is 348. The number of likely N-dealkylation sites (tertiary alicyclic amines) is 1. The van der Waals surface area contributed by atoms with Gasteiger partial charge in [0.25, 0.3) is 0 Å². The first-order valence-corrected chi connectivity index (χ1v) is 8.27. The minimum atomic E-state index is -0.840. The van der Waals surface area contributed by atoms with Crippen LogP contribution in [0.15, 0.2) is 0 Å². The molecule has 0 radical (unpaired) electrons. The molecule has 0 spiro atoms. The van der Waals surface area contributed by atoms with Crippen LogP contribution < -0.4 is 0 Å². The summed E-state index contributed by atoms with van der Waals surface area (Å²) in [6.07, 6.45) is 4.09. The van der Waals surface area contributed by atoms with Crippen LogP contribution >= 0.6 is 0 Å². The number of hydrogen-bond donors (Lipinski definition) is 1. The molecule has 0 aliphatic carbocycles. The minimum absolute atomic E-state index is 0.00426. The van der Waals surface area contributed by atoms with Gasteiger partial charge in [-0.3, -0.25) is 9.69 Å². The molecule has 1 unspecified atom stereocenters. The maximum atomic E-state index is 12.8. The number of carbonyl (C=O) groups is 1. The Morgan fingerprint density at radius 1 is 1.33 bits per heavy atom. The fraction of sp³-hybridized carbons (Fsp3) is 0.938. The quantitative estimate of drug-likeness (QED) is 0.830. The summed E-state index contributed by atoms with van der Waals surface area (Å²) in [6, 6.07) is 0.478. The standard InChI is InChI=1S/C16H30N2O3/c1-4-17(12-16(2,3)20)15(19)14-6-5-9-18(14)13-7-10-21-11-8-13/h13-14,20H,4-12H2,1-3H3. The first kappa shape index (κ1) is 16.7. The average molecular weight is 298 g/mol. The van der Waals surface area contributed by atoms with Crippen molar-refractivity contribution in [3.63, 3.8) is 0 Å². The molecule has 2 rings (SSSR count). The Kier molecular flexibility index (Phi) is 5.63. The zero-order valence-corrected chi connectivity index (χ0v) is 13.7. The van der Waals surface area contributed by atoms with E-state index in [4.69, 9.17) is 4.74 Å².